The Kier molecular flexibility index (Phi) is 5.09. The van der Waals surface area contributed by atoms with Crippen molar-refractivity contribution in [3.63, 3.8) is 0 Å². The molecule has 0 aromatic heterocycles. The highest BCUT2D eigenvalue weighted by Crippen LogP contribution is 2.38. The Bertz CT molecular complexity index is 1060. The maximum Gasteiger partial charge on any atom is 0.264 e. The van der Waals surface area contributed by atoms with Gasteiger partial charge in [0.1, 0.15) is 0 Å². The summed E-state index contributed by atoms with van der Waals surface area (Å²) in [5, 5.41) is 5.19. The van der Waals surface area contributed by atoms with Crippen LogP contribution in [0, 0.1) is 0 Å². The zero-order valence-electron chi connectivity index (χ0n) is 15.6. The van der Waals surface area contributed by atoms with E-state index in [2.05, 4.69) is 13.8 Å². The molecule has 8 heteroatoms. The maximum absolute atomic E-state index is 13.2. The Balaban J connectivity index is 2.01. The quantitative estimate of drug-likeness (QED) is 0.822. The van der Waals surface area contributed by atoms with Crippen LogP contribution in [0.3, 0.4) is 0 Å². The molecule has 0 fully saturated rings. The normalized spacial score (nSPS) is 18.4. The van der Waals surface area contributed by atoms with Crippen LogP contribution in [0.5, 0.6) is 0 Å². The predicted octanol–water partition coefficient (Wildman–Crippen LogP) is 2.99. The van der Waals surface area contributed by atoms with Crippen molar-refractivity contribution in [1.82, 2.24) is 0 Å². The van der Waals surface area contributed by atoms with Crippen molar-refractivity contribution in [2.24, 2.45) is 5.14 Å². The highest BCUT2D eigenvalue weighted by molar-refractivity contribution is 7.93. The molecular formula is C19H24N2O4S2. The van der Waals surface area contributed by atoms with E-state index in [4.69, 9.17) is 5.14 Å². The van der Waals surface area contributed by atoms with E-state index in [1.165, 1.54) is 22.5 Å². The topological polar surface area (TPSA) is 97.5 Å². The van der Waals surface area contributed by atoms with Crippen LogP contribution in [0.25, 0.3) is 0 Å². The summed E-state index contributed by atoms with van der Waals surface area (Å²) in [4.78, 5) is 0.218. The van der Waals surface area contributed by atoms with E-state index in [-0.39, 0.29) is 15.8 Å². The lowest BCUT2D eigenvalue weighted by Crippen LogP contribution is -2.35. The Hall–Kier alpha value is -1.90. The number of nitrogens with zero attached hydrogens (tertiary/aromatic N) is 1. The molecule has 0 aliphatic carbocycles. The molecular weight excluding hydrogens is 384 g/mol. The number of anilines is 1. The molecule has 2 aromatic rings. The molecule has 0 saturated heterocycles. The van der Waals surface area contributed by atoms with Crippen LogP contribution in [0.2, 0.25) is 0 Å². The van der Waals surface area contributed by atoms with Crippen LogP contribution < -0.4 is 9.44 Å². The van der Waals surface area contributed by atoms with Gasteiger partial charge >= 0.3 is 0 Å². The van der Waals surface area contributed by atoms with Gasteiger partial charge in [0.25, 0.3) is 10.0 Å². The predicted molar refractivity (Wildman–Crippen MR) is 106 cm³/mol. The van der Waals surface area contributed by atoms with Gasteiger partial charge in [-0.25, -0.2) is 22.0 Å². The van der Waals surface area contributed by atoms with Crippen LogP contribution in [-0.4, -0.2) is 22.9 Å². The highest BCUT2D eigenvalue weighted by atomic mass is 32.2. The average molecular weight is 409 g/mol. The van der Waals surface area contributed by atoms with Crippen LogP contribution >= 0.6 is 0 Å². The van der Waals surface area contributed by atoms with Crippen molar-refractivity contribution < 1.29 is 16.8 Å². The smallest absolute Gasteiger partial charge is 0.263 e. The minimum absolute atomic E-state index is 0.00870. The first-order valence-electron chi connectivity index (χ1n) is 8.85. The standard InChI is InChI=1S/C19H24N2O4S2/c1-4-13(2)15-5-7-17(8-6-15)27(24,25)21-14(3)11-16-12-18(26(20,22)23)9-10-19(16)21/h5-10,12-14H,4,11H2,1-3H3,(H2,20,22,23). The second kappa shape index (κ2) is 6.92. The third-order valence-corrected chi connectivity index (χ3v) is 8.00. The molecule has 2 atom stereocenters. The molecule has 0 radical (unpaired) electrons. The number of sulfonamides is 2. The Labute approximate surface area is 161 Å². The lowest BCUT2D eigenvalue weighted by atomic mass is 9.99. The summed E-state index contributed by atoms with van der Waals surface area (Å²) in [7, 11) is -7.58. The number of primary sulfonamides is 1. The zero-order chi connectivity index (χ0) is 20.0. The van der Waals surface area contributed by atoms with Crippen molar-refractivity contribution in [2.45, 2.75) is 55.4 Å². The summed E-state index contributed by atoms with van der Waals surface area (Å²) in [5.74, 6) is 0.366. The molecule has 2 unspecified atom stereocenters. The Morgan fingerprint density at radius 3 is 2.22 bits per heavy atom. The van der Waals surface area contributed by atoms with Crippen LogP contribution in [0.4, 0.5) is 5.69 Å². The van der Waals surface area contributed by atoms with Gasteiger partial charge in [0.15, 0.2) is 0 Å². The van der Waals surface area contributed by atoms with E-state index < -0.39 is 20.0 Å². The van der Waals surface area contributed by atoms with Gasteiger partial charge < -0.3 is 0 Å². The first-order chi connectivity index (χ1) is 12.6. The second-order valence-corrected chi connectivity index (χ2v) is 10.4. The van der Waals surface area contributed by atoms with Crippen molar-refractivity contribution >= 4 is 25.7 Å². The summed E-state index contributed by atoms with van der Waals surface area (Å²) < 4.78 is 51.0. The lowest BCUT2D eigenvalue weighted by Gasteiger charge is -2.24. The average Bonchev–Trinajstić information content (AvgIpc) is 2.95. The van der Waals surface area contributed by atoms with Crippen molar-refractivity contribution in [3.8, 4) is 0 Å². The minimum Gasteiger partial charge on any atom is -0.263 e. The van der Waals surface area contributed by atoms with Crippen LogP contribution in [-0.2, 0) is 26.5 Å². The highest BCUT2D eigenvalue weighted by Gasteiger charge is 2.36. The van der Waals surface area contributed by atoms with Gasteiger partial charge in [-0.1, -0.05) is 26.0 Å². The molecule has 1 aliphatic heterocycles. The molecule has 0 saturated carbocycles. The summed E-state index contributed by atoms with van der Waals surface area (Å²) in [6, 6.07) is 11.0. The number of rotatable bonds is 5. The summed E-state index contributed by atoms with van der Waals surface area (Å²) in [6.45, 7) is 6.00. The molecule has 146 valence electrons. The van der Waals surface area contributed by atoms with Crippen molar-refractivity contribution in [1.29, 1.82) is 0 Å². The first kappa shape index (κ1) is 19.9. The van der Waals surface area contributed by atoms with Crippen LogP contribution in [0.1, 0.15) is 44.2 Å². The maximum atomic E-state index is 13.2. The van der Waals surface area contributed by atoms with Gasteiger partial charge in [-0.3, -0.25) is 4.31 Å². The van der Waals surface area contributed by atoms with E-state index >= 15 is 0 Å². The SMILES string of the molecule is CCC(C)c1ccc(S(=O)(=O)N2c3ccc(S(N)(=O)=O)cc3CC2C)cc1. The fourth-order valence-corrected chi connectivity index (χ4v) is 5.70. The Morgan fingerprint density at radius 2 is 1.67 bits per heavy atom. The van der Waals surface area contributed by atoms with E-state index in [1.807, 2.05) is 19.1 Å². The third kappa shape index (κ3) is 3.61. The molecule has 1 aliphatic rings. The lowest BCUT2D eigenvalue weighted by molar-refractivity contribution is 0.584. The van der Waals surface area contributed by atoms with Crippen molar-refractivity contribution in [2.75, 3.05) is 4.31 Å². The summed E-state index contributed by atoms with van der Waals surface area (Å²) in [5.41, 5.74) is 2.26. The van der Waals surface area contributed by atoms with Gasteiger partial charge in [0, 0.05) is 6.04 Å². The van der Waals surface area contributed by atoms with E-state index in [0.29, 0.717) is 23.6 Å². The minimum atomic E-state index is -3.83. The first-order valence-corrected chi connectivity index (χ1v) is 11.8. The van der Waals surface area contributed by atoms with E-state index in [1.54, 1.807) is 12.1 Å². The Morgan fingerprint density at radius 1 is 1.07 bits per heavy atom. The number of nitrogens with two attached hydrogens (primary N) is 1. The zero-order valence-corrected chi connectivity index (χ0v) is 17.2. The largest absolute Gasteiger partial charge is 0.264 e. The molecule has 2 aromatic carbocycles. The number of hydrogen-bond donors (Lipinski definition) is 1. The van der Waals surface area contributed by atoms with Gasteiger partial charge in [-0.2, -0.15) is 0 Å². The summed E-state index contributed by atoms with van der Waals surface area (Å²) >= 11 is 0. The monoisotopic (exact) mass is 408 g/mol. The van der Waals surface area contributed by atoms with Gasteiger partial charge in [0.05, 0.1) is 15.5 Å². The van der Waals surface area contributed by atoms with E-state index in [0.717, 1.165) is 12.0 Å². The molecule has 3 rings (SSSR count). The fraction of sp³-hybridized carbons (Fsp3) is 0.368. The van der Waals surface area contributed by atoms with Gasteiger partial charge in [-0.05, 0) is 67.1 Å². The number of benzene rings is 2. The third-order valence-electron chi connectivity index (χ3n) is 5.15. The molecule has 6 nitrogen and oxygen atoms in total. The van der Waals surface area contributed by atoms with Crippen LogP contribution in [0.15, 0.2) is 52.3 Å². The van der Waals surface area contributed by atoms with Crippen molar-refractivity contribution in [3.05, 3.63) is 53.6 Å². The second-order valence-electron chi connectivity index (χ2n) is 7.07. The van der Waals surface area contributed by atoms with Gasteiger partial charge in [-0.15, -0.1) is 0 Å². The molecule has 0 spiro atoms. The number of fused-ring (bicyclic) bond motifs is 1. The molecule has 27 heavy (non-hydrogen) atoms. The van der Waals surface area contributed by atoms with Gasteiger partial charge in [0.2, 0.25) is 10.0 Å². The molecule has 0 bridgehead atoms. The number of hydrogen-bond acceptors (Lipinski definition) is 4. The summed E-state index contributed by atoms with van der Waals surface area (Å²) in [6.07, 6.45) is 1.41. The molecule has 0 amide bonds. The van der Waals surface area contributed by atoms with E-state index in [9.17, 15) is 16.8 Å². The fourth-order valence-electron chi connectivity index (χ4n) is 3.44. The molecule has 2 N–H and O–H groups in total. The molecule has 1 heterocycles.